The molecule has 2 aromatic rings. The highest BCUT2D eigenvalue weighted by molar-refractivity contribution is 6.04. The number of rotatable bonds is 3. The van der Waals surface area contributed by atoms with Gasteiger partial charge in [0.15, 0.2) is 5.69 Å². The first-order valence-corrected chi connectivity index (χ1v) is 9.87. The highest BCUT2D eigenvalue weighted by Crippen LogP contribution is 2.30. The van der Waals surface area contributed by atoms with Gasteiger partial charge in [-0.1, -0.05) is 12.1 Å². The summed E-state index contributed by atoms with van der Waals surface area (Å²) in [5.41, 5.74) is 2.79. The number of aromatic nitrogens is 2. The molecule has 0 radical (unpaired) electrons. The molecule has 0 saturated carbocycles. The summed E-state index contributed by atoms with van der Waals surface area (Å²) in [5, 5.41) is 11.6. The molecule has 4 aliphatic heterocycles. The van der Waals surface area contributed by atoms with Crippen molar-refractivity contribution >= 4 is 16.8 Å². The fraction of sp³-hybridized carbons (Fsp3) is 0.600. The number of nitrogens with one attached hydrogen (secondary N) is 2. The highest BCUT2D eigenvalue weighted by Gasteiger charge is 2.35. The number of H-pyrrole nitrogens is 1. The van der Waals surface area contributed by atoms with Crippen LogP contribution in [0.3, 0.4) is 0 Å². The molecule has 4 aliphatic rings. The smallest absolute Gasteiger partial charge is 0.272 e. The van der Waals surface area contributed by atoms with E-state index in [-0.39, 0.29) is 11.9 Å². The van der Waals surface area contributed by atoms with Gasteiger partial charge in [-0.2, -0.15) is 5.10 Å². The molecular formula is C20H26N4O2. The molecule has 5 heterocycles. The molecule has 4 fully saturated rings. The van der Waals surface area contributed by atoms with E-state index in [4.69, 9.17) is 4.74 Å². The van der Waals surface area contributed by atoms with Crippen molar-refractivity contribution in [2.24, 2.45) is 5.92 Å². The maximum absolute atomic E-state index is 12.8. The van der Waals surface area contributed by atoms with Crippen molar-refractivity contribution in [3.63, 3.8) is 0 Å². The summed E-state index contributed by atoms with van der Waals surface area (Å²) < 4.78 is 5.46. The van der Waals surface area contributed by atoms with E-state index >= 15 is 0 Å². The lowest BCUT2D eigenvalue weighted by Crippen LogP contribution is -2.57. The minimum Gasteiger partial charge on any atom is -0.381 e. The Morgan fingerprint density at radius 1 is 1.19 bits per heavy atom. The Morgan fingerprint density at radius 3 is 2.73 bits per heavy atom. The predicted octanol–water partition coefficient (Wildman–Crippen LogP) is 2.28. The first-order chi connectivity index (χ1) is 12.8. The second-order valence-electron chi connectivity index (χ2n) is 7.98. The molecule has 4 saturated heterocycles. The molecule has 1 aromatic carbocycles. The van der Waals surface area contributed by atoms with Gasteiger partial charge in [-0.25, -0.2) is 0 Å². The molecule has 6 rings (SSSR count). The summed E-state index contributed by atoms with van der Waals surface area (Å²) in [4.78, 5) is 15.3. The minimum atomic E-state index is -0.0474. The number of nitrogens with zero attached hydrogens (tertiary/aromatic N) is 2. The zero-order chi connectivity index (χ0) is 17.5. The number of hydrogen-bond acceptors (Lipinski definition) is 4. The molecule has 1 atom stereocenters. The van der Waals surface area contributed by atoms with Gasteiger partial charge in [0.25, 0.3) is 5.91 Å². The number of amides is 1. The van der Waals surface area contributed by atoms with Crippen molar-refractivity contribution in [3.8, 4) is 0 Å². The fourth-order valence-electron chi connectivity index (χ4n) is 4.86. The Kier molecular flexibility index (Phi) is 4.17. The summed E-state index contributed by atoms with van der Waals surface area (Å²) in [6, 6.07) is 6.62. The van der Waals surface area contributed by atoms with Crippen LogP contribution in [0.25, 0.3) is 10.9 Å². The minimum absolute atomic E-state index is 0.0474. The van der Waals surface area contributed by atoms with Gasteiger partial charge in [0.05, 0.1) is 5.52 Å². The number of ether oxygens (including phenoxy) is 1. The molecule has 0 unspecified atom stereocenters. The van der Waals surface area contributed by atoms with E-state index in [2.05, 4.69) is 38.6 Å². The molecule has 138 valence electrons. The Labute approximate surface area is 153 Å². The third-order valence-electron chi connectivity index (χ3n) is 6.47. The summed E-state index contributed by atoms with van der Waals surface area (Å²) in [6.07, 6.45) is 4.51. The largest absolute Gasteiger partial charge is 0.381 e. The normalized spacial score (nSPS) is 29.2. The average Bonchev–Trinajstić information content (AvgIpc) is 3.13. The second-order valence-corrected chi connectivity index (χ2v) is 7.98. The first-order valence-electron chi connectivity index (χ1n) is 9.87. The maximum atomic E-state index is 12.8. The maximum Gasteiger partial charge on any atom is 0.272 e. The number of benzene rings is 1. The molecule has 1 amide bonds. The van der Waals surface area contributed by atoms with Crippen molar-refractivity contribution in [1.82, 2.24) is 20.4 Å². The average molecular weight is 354 g/mol. The number of carbonyl (C=O) groups excluding carboxylic acids is 1. The van der Waals surface area contributed by atoms with Crippen LogP contribution in [0.15, 0.2) is 18.2 Å². The summed E-state index contributed by atoms with van der Waals surface area (Å²) in [7, 11) is 0. The molecule has 2 N–H and O–H groups in total. The van der Waals surface area contributed by atoms with Gasteiger partial charge < -0.3 is 15.0 Å². The van der Waals surface area contributed by atoms with E-state index in [0.717, 1.165) is 43.5 Å². The van der Waals surface area contributed by atoms with Gasteiger partial charge in [-0.3, -0.25) is 9.89 Å². The van der Waals surface area contributed by atoms with Crippen LogP contribution in [0, 0.1) is 5.92 Å². The molecule has 2 bridgehead atoms. The number of aromatic amines is 1. The van der Waals surface area contributed by atoms with Crippen molar-refractivity contribution < 1.29 is 9.53 Å². The number of piperidine rings is 3. The molecule has 0 aliphatic carbocycles. The van der Waals surface area contributed by atoms with E-state index < -0.39 is 0 Å². The van der Waals surface area contributed by atoms with Crippen LogP contribution in [0.4, 0.5) is 0 Å². The third kappa shape index (κ3) is 2.91. The Hall–Kier alpha value is -1.92. The van der Waals surface area contributed by atoms with Crippen molar-refractivity contribution in [2.75, 3.05) is 32.8 Å². The van der Waals surface area contributed by atoms with Crippen LogP contribution in [-0.4, -0.2) is 59.9 Å². The summed E-state index contributed by atoms with van der Waals surface area (Å²) in [5.74, 6) is 1.11. The van der Waals surface area contributed by atoms with Gasteiger partial charge in [-0.15, -0.1) is 0 Å². The molecular weight excluding hydrogens is 328 g/mol. The van der Waals surface area contributed by atoms with E-state index in [1.165, 1.54) is 31.5 Å². The molecule has 1 aromatic heterocycles. The Balaban J connectivity index is 1.34. The second kappa shape index (κ2) is 6.67. The van der Waals surface area contributed by atoms with Crippen LogP contribution in [-0.2, 0) is 4.74 Å². The lowest BCUT2D eigenvalue weighted by atomic mass is 9.84. The lowest BCUT2D eigenvalue weighted by molar-refractivity contribution is 0.0618. The number of fused-ring (bicyclic) bond motifs is 4. The quantitative estimate of drug-likeness (QED) is 0.887. The van der Waals surface area contributed by atoms with Crippen molar-refractivity contribution in [1.29, 1.82) is 0 Å². The fourth-order valence-corrected chi connectivity index (χ4v) is 4.86. The standard InChI is InChI=1S/C20H26N4O2/c25-20(21-18-12-24-7-3-14(18)4-8-24)19-16-2-1-15(11-17(16)22-23-19)13-5-9-26-10-6-13/h1-2,11,13-14,18H,3-10,12H2,(H,21,25)(H,22,23)/t18-/m0/s1. The van der Waals surface area contributed by atoms with E-state index in [1.54, 1.807) is 0 Å². The SMILES string of the molecule is O=C(N[C@H]1CN2CCC1CC2)c1n[nH]c2cc(C3CCOCC3)ccc12. The van der Waals surface area contributed by atoms with Crippen LogP contribution in [0.1, 0.15) is 47.7 Å². The zero-order valence-electron chi connectivity index (χ0n) is 15.0. The Bertz CT molecular complexity index is 803. The van der Waals surface area contributed by atoms with Crippen LogP contribution >= 0.6 is 0 Å². The number of hydrogen-bond donors (Lipinski definition) is 2. The molecule has 6 nitrogen and oxygen atoms in total. The predicted molar refractivity (Wildman–Crippen MR) is 99.3 cm³/mol. The topological polar surface area (TPSA) is 70.2 Å². The van der Waals surface area contributed by atoms with Gasteiger partial charge in [0, 0.05) is 31.2 Å². The van der Waals surface area contributed by atoms with E-state index in [1.807, 2.05) is 0 Å². The first kappa shape index (κ1) is 16.3. The molecule has 6 heteroatoms. The van der Waals surface area contributed by atoms with Gasteiger partial charge in [0.1, 0.15) is 0 Å². The van der Waals surface area contributed by atoms with E-state index in [0.29, 0.717) is 17.5 Å². The summed E-state index contributed by atoms with van der Waals surface area (Å²) in [6.45, 7) is 5.00. The van der Waals surface area contributed by atoms with Gasteiger partial charge in [0.2, 0.25) is 0 Å². The van der Waals surface area contributed by atoms with E-state index in [9.17, 15) is 4.79 Å². The number of carbonyl (C=O) groups is 1. The summed E-state index contributed by atoms with van der Waals surface area (Å²) >= 11 is 0. The monoisotopic (exact) mass is 354 g/mol. The van der Waals surface area contributed by atoms with Crippen LogP contribution < -0.4 is 5.32 Å². The van der Waals surface area contributed by atoms with Crippen molar-refractivity contribution in [3.05, 3.63) is 29.5 Å². The zero-order valence-corrected chi connectivity index (χ0v) is 15.0. The lowest BCUT2D eigenvalue weighted by Gasteiger charge is -2.44. The molecule has 0 spiro atoms. The van der Waals surface area contributed by atoms with Crippen molar-refractivity contribution in [2.45, 2.75) is 37.6 Å². The third-order valence-corrected chi connectivity index (χ3v) is 6.47. The van der Waals surface area contributed by atoms with Crippen LogP contribution in [0.2, 0.25) is 0 Å². The Morgan fingerprint density at radius 2 is 2.00 bits per heavy atom. The van der Waals surface area contributed by atoms with Gasteiger partial charge in [-0.05, 0) is 62.2 Å². The van der Waals surface area contributed by atoms with Crippen LogP contribution in [0.5, 0.6) is 0 Å². The molecule has 26 heavy (non-hydrogen) atoms. The van der Waals surface area contributed by atoms with Gasteiger partial charge >= 0.3 is 0 Å². The highest BCUT2D eigenvalue weighted by atomic mass is 16.5.